The lowest BCUT2D eigenvalue weighted by Gasteiger charge is -2.35. The van der Waals surface area contributed by atoms with Gasteiger partial charge >= 0.3 is 0 Å². The second kappa shape index (κ2) is 5.63. The van der Waals surface area contributed by atoms with Gasteiger partial charge in [0, 0.05) is 9.35 Å². The standard InChI is InChI=1S/C14H20BrClS/c1-10(2)9-14(6-3-4-7-14)13(16)12-11(15)5-8-17-12/h5,8,10,13H,3-4,6-7,9H2,1-2H3. The van der Waals surface area contributed by atoms with Crippen LogP contribution < -0.4 is 0 Å². The van der Waals surface area contributed by atoms with Gasteiger partial charge in [-0.3, -0.25) is 0 Å². The molecule has 1 saturated carbocycles. The monoisotopic (exact) mass is 334 g/mol. The molecule has 1 unspecified atom stereocenters. The molecule has 0 spiro atoms. The second-order valence-corrected chi connectivity index (χ2v) is 7.90. The van der Waals surface area contributed by atoms with Crippen LogP contribution in [0.2, 0.25) is 0 Å². The zero-order chi connectivity index (χ0) is 12.5. The highest BCUT2D eigenvalue weighted by atomic mass is 79.9. The number of rotatable bonds is 4. The Morgan fingerprint density at radius 2 is 2.06 bits per heavy atom. The quantitative estimate of drug-likeness (QED) is 0.559. The summed E-state index contributed by atoms with van der Waals surface area (Å²) in [5.74, 6) is 0.730. The van der Waals surface area contributed by atoms with Crippen molar-refractivity contribution in [1.29, 1.82) is 0 Å². The van der Waals surface area contributed by atoms with Gasteiger partial charge in [-0.25, -0.2) is 0 Å². The van der Waals surface area contributed by atoms with E-state index in [1.807, 2.05) is 0 Å². The molecule has 0 bridgehead atoms. The molecule has 1 fully saturated rings. The van der Waals surface area contributed by atoms with Crippen LogP contribution in [0.5, 0.6) is 0 Å². The van der Waals surface area contributed by atoms with Crippen LogP contribution in [0.25, 0.3) is 0 Å². The van der Waals surface area contributed by atoms with Crippen LogP contribution in [0.4, 0.5) is 0 Å². The van der Waals surface area contributed by atoms with Crippen molar-refractivity contribution in [2.75, 3.05) is 0 Å². The number of halogens is 2. The van der Waals surface area contributed by atoms with Gasteiger partial charge in [0.25, 0.3) is 0 Å². The largest absolute Gasteiger partial charge is 0.146 e. The Bertz CT molecular complexity index is 366. The number of thiophene rings is 1. The third kappa shape index (κ3) is 2.90. The van der Waals surface area contributed by atoms with E-state index in [-0.39, 0.29) is 5.38 Å². The molecule has 1 aromatic heterocycles. The van der Waals surface area contributed by atoms with Crippen LogP contribution in [0, 0.1) is 11.3 Å². The van der Waals surface area contributed by atoms with Gasteiger partial charge in [0.1, 0.15) is 0 Å². The van der Waals surface area contributed by atoms with E-state index in [9.17, 15) is 0 Å². The highest BCUT2D eigenvalue weighted by Crippen LogP contribution is 2.56. The molecule has 17 heavy (non-hydrogen) atoms. The first-order valence-corrected chi connectivity index (χ1v) is 8.53. The van der Waals surface area contributed by atoms with Crippen LogP contribution in [-0.2, 0) is 0 Å². The summed E-state index contributed by atoms with van der Waals surface area (Å²) in [5, 5.41) is 2.31. The summed E-state index contributed by atoms with van der Waals surface area (Å²) in [7, 11) is 0. The molecule has 0 aromatic carbocycles. The third-order valence-electron chi connectivity index (χ3n) is 3.83. The zero-order valence-electron chi connectivity index (χ0n) is 10.5. The molecule has 1 heterocycles. The Morgan fingerprint density at radius 1 is 1.41 bits per heavy atom. The SMILES string of the molecule is CC(C)CC1(C(Cl)c2sccc2Br)CCCC1. The van der Waals surface area contributed by atoms with Crippen molar-refractivity contribution in [3.05, 3.63) is 20.8 Å². The minimum atomic E-state index is 0.182. The van der Waals surface area contributed by atoms with Gasteiger partial charge in [-0.15, -0.1) is 22.9 Å². The fourth-order valence-electron chi connectivity index (χ4n) is 3.22. The summed E-state index contributed by atoms with van der Waals surface area (Å²) in [6.07, 6.45) is 6.54. The minimum Gasteiger partial charge on any atom is -0.146 e. The van der Waals surface area contributed by atoms with E-state index in [0.29, 0.717) is 5.41 Å². The molecule has 1 atom stereocenters. The summed E-state index contributed by atoms with van der Waals surface area (Å²) in [4.78, 5) is 1.33. The topological polar surface area (TPSA) is 0 Å². The van der Waals surface area contributed by atoms with Gasteiger partial charge in [-0.1, -0.05) is 26.7 Å². The van der Waals surface area contributed by atoms with Gasteiger partial charge in [0.05, 0.1) is 5.38 Å². The van der Waals surface area contributed by atoms with Crippen LogP contribution in [-0.4, -0.2) is 0 Å². The van der Waals surface area contributed by atoms with E-state index in [1.54, 1.807) is 11.3 Å². The first kappa shape index (κ1) is 13.9. The molecular weight excluding hydrogens is 316 g/mol. The lowest BCUT2D eigenvalue weighted by molar-refractivity contribution is 0.224. The lowest BCUT2D eigenvalue weighted by Crippen LogP contribution is -2.24. The van der Waals surface area contributed by atoms with E-state index in [4.69, 9.17) is 11.6 Å². The van der Waals surface area contributed by atoms with Gasteiger partial charge in [0.15, 0.2) is 0 Å². The van der Waals surface area contributed by atoms with Crippen LogP contribution in [0.1, 0.15) is 56.2 Å². The second-order valence-electron chi connectivity index (χ2n) is 5.66. The predicted octanol–water partition coefficient (Wildman–Crippen LogP) is 6.40. The maximum absolute atomic E-state index is 6.84. The van der Waals surface area contributed by atoms with Crippen molar-refractivity contribution >= 4 is 38.9 Å². The van der Waals surface area contributed by atoms with Crippen molar-refractivity contribution in [3.63, 3.8) is 0 Å². The third-order valence-corrected chi connectivity index (χ3v) is 6.57. The van der Waals surface area contributed by atoms with E-state index in [0.717, 1.165) is 5.92 Å². The Kier molecular flexibility index (Phi) is 4.60. The maximum Gasteiger partial charge on any atom is 0.0746 e. The molecule has 96 valence electrons. The van der Waals surface area contributed by atoms with Crippen molar-refractivity contribution in [2.45, 2.75) is 51.3 Å². The molecule has 0 amide bonds. The van der Waals surface area contributed by atoms with Gasteiger partial charge in [-0.2, -0.15) is 0 Å². The summed E-state index contributed by atoms with van der Waals surface area (Å²) in [6.45, 7) is 4.63. The van der Waals surface area contributed by atoms with Crippen LogP contribution in [0.3, 0.4) is 0 Å². The Labute approximate surface area is 122 Å². The Hall–Kier alpha value is 0.470. The van der Waals surface area contributed by atoms with Crippen LogP contribution >= 0.6 is 38.9 Å². The van der Waals surface area contributed by atoms with Gasteiger partial charge < -0.3 is 0 Å². The summed E-state index contributed by atoms with van der Waals surface area (Å²) in [6, 6.07) is 2.12. The number of hydrogen-bond acceptors (Lipinski definition) is 1. The summed E-state index contributed by atoms with van der Waals surface area (Å²) < 4.78 is 1.19. The van der Waals surface area contributed by atoms with Gasteiger partial charge in [0.2, 0.25) is 0 Å². The maximum atomic E-state index is 6.84. The fourth-order valence-corrected chi connectivity index (χ4v) is 5.65. The molecule has 1 aliphatic carbocycles. The van der Waals surface area contributed by atoms with Crippen molar-refractivity contribution in [2.24, 2.45) is 11.3 Å². The molecule has 0 aliphatic heterocycles. The molecule has 0 N–H and O–H groups in total. The zero-order valence-corrected chi connectivity index (χ0v) is 13.7. The Balaban J connectivity index is 2.24. The first-order valence-electron chi connectivity index (χ1n) is 6.42. The van der Waals surface area contributed by atoms with Crippen molar-refractivity contribution < 1.29 is 0 Å². The molecule has 0 nitrogen and oxygen atoms in total. The van der Waals surface area contributed by atoms with E-state index in [1.165, 1.54) is 41.5 Å². The molecular formula is C14H20BrClS. The predicted molar refractivity (Wildman–Crippen MR) is 81.0 cm³/mol. The lowest BCUT2D eigenvalue weighted by atomic mass is 9.75. The van der Waals surface area contributed by atoms with Crippen molar-refractivity contribution in [3.8, 4) is 0 Å². The van der Waals surface area contributed by atoms with Gasteiger partial charge in [-0.05, 0) is 58.0 Å². The smallest absolute Gasteiger partial charge is 0.0746 e. The number of alkyl halides is 1. The average molecular weight is 336 g/mol. The summed E-state index contributed by atoms with van der Waals surface area (Å²) in [5.41, 5.74) is 0.336. The molecule has 0 radical (unpaired) electrons. The molecule has 0 saturated heterocycles. The van der Waals surface area contributed by atoms with E-state index in [2.05, 4.69) is 41.2 Å². The van der Waals surface area contributed by atoms with Crippen LogP contribution in [0.15, 0.2) is 15.9 Å². The normalized spacial score (nSPS) is 21.0. The van der Waals surface area contributed by atoms with E-state index < -0.39 is 0 Å². The molecule has 2 rings (SSSR count). The Morgan fingerprint density at radius 3 is 2.53 bits per heavy atom. The highest BCUT2D eigenvalue weighted by Gasteiger charge is 2.42. The fraction of sp³-hybridized carbons (Fsp3) is 0.714. The number of hydrogen-bond donors (Lipinski definition) is 0. The summed E-state index contributed by atoms with van der Waals surface area (Å²) >= 11 is 12.3. The molecule has 3 heteroatoms. The first-order chi connectivity index (χ1) is 8.05. The molecule has 1 aliphatic rings. The average Bonchev–Trinajstić information content (AvgIpc) is 2.86. The van der Waals surface area contributed by atoms with Crippen molar-refractivity contribution in [1.82, 2.24) is 0 Å². The van der Waals surface area contributed by atoms with E-state index >= 15 is 0 Å². The molecule has 1 aromatic rings. The minimum absolute atomic E-state index is 0.182. The highest BCUT2D eigenvalue weighted by molar-refractivity contribution is 9.10.